The van der Waals surface area contributed by atoms with E-state index >= 15 is 0 Å². The van der Waals surface area contributed by atoms with Crippen LogP contribution in [0.5, 0.6) is 0 Å². The molecule has 0 aliphatic rings. The van der Waals surface area contributed by atoms with Crippen LogP contribution in [-0.2, 0) is 5.75 Å². The molecule has 0 radical (unpaired) electrons. The molecule has 0 fully saturated rings. The van der Waals surface area contributed by atoms with E-state index in [0.717, 1.165) is 15.9 Å². The third kappa shape index (κ3) is 3.09. The van der Waals surface area contributed by atoms with Gasteiger partial charge in [0.15, 0.2) is 0 Å². The van der Waals surface area contributed by atoms with Gasteiger partial charge >= 0.3 is 0 Å². The summed E-state index contributed by atoms with van der Waals surface area (Å²) in [5, 5.41) is 0. The summed E-state index contributed by atoms with van der Waals surface area (Å²) in [6.07, 6.45) is 1.84. The number of nitrogens with zero attached hydrogens (tertiary/aromatic N) is 1. The molecule has 0 unspecified atom stereocenters. The summed E-state index contributed by atoms with van der Waals surface area (Å²) in [6.45, 7) is 2.14. The topological polar surface area (TPSA) is 12.9 Å². The lowest BCUT2D eigenvalue weighted by Crippen LogP contribution is -1.86. The highest BCUT2D eigenvalue weighted by molar-refractivity contribution is 9.10. The molecule has 0 bridgehead atoms. The molecule has 0 aliphatic heterocycles. The second-order valence-corrected chi connectivity index (χ2v) is 5.45. The Morgan fingerprint density at radius 3 is 2.69 bits per heavy atom. The number of pyridine rings is 1. The van der Waals surface area contributed by atoms with E-state index in [2.05, 4.69) is 58.2 Å². The van der Waals surface area contributed by atoms with Crippen LogP contribution in [-0.4, -0.2) is 4.98 Å². The Balaban J connectivity index is 2.02. The molecule has 16 heavy (non-hydrogen) atoms. The Morgan fingerprint density at radius 1 is 1.19 bits per heavy atom. The maximum Gasteiger partial charge on any atom is 0.0507 e. The molecule has 0 atom stereocenters. The first-order chi connectivity index (χ1) is 7.75. The number of thioether (sulfide) groups is 1. The molecule has 1 aromatic heterocycles. The highest BCUT2D eigenvalue weighted by atomic mass is 79.9. The Labute approximate surface area is 108 Å². The zero-order valence-corrected chi connectivity index (χ0v) is 11.4. The molecule has 0 saturated carbocycles. The first-order valence-electron chi connectivity index (χ1n) is 5.04. The van der Waals surface area contributed by atoms with Gasteiger partial charge in [0, 0.05) is 21.3 Å². The summed E-state index contributed by atoms with van der Waals surface area (Å²) in [4.78, 5) is 5.68. The molecule has 3 heteroatoms. The molecule has 0 amide bonds. The van der Waals surface area contributed by atoms with E-state index in [9.17, 15) is 0 Å². The second kappa shape index (κ2) is 5.51. The predicted molar refractivity (Wildman–Crippen MR) is 72.7 cm³/mol. The van der Waals surface area contributed by atoms with E-state index in [-0.39, 0.29) is 0 Å². The quantitative estimate of drug-likeness (QED) is 0.776. The minimum Gasteiger partial charge on any atom is -0.259 e. The van der Waals surface area contributed by atoms with Gasteiger partial charge in [-0.3, -0.25) is 4.98 Å². The van der Waals surface area contributed by atoms with Crippen LogP contribution in [0.4, 0.5) is 0 Å². The maximum atomic E-state index is 4.36. The normalized spacial score (nSPS) is 10.4. The number of halogens is 1. The minimum atomic E-state index is 0.915. The van der Waals surface area contributed by atoms with Crippen molar-refractivity contribution < 1.29 is 0 Å². The molecule has 2 rings (SSSR count). The van der Waals surface area contributed by atoms with Crippen LogP contribution in [0.2, 0.25) is 0 Å². The van der Waals surface area contributed by atoms with Gasteiger partial charge < -0.3 is 0 Å². The molecule has 0 saturated heterocycles. The van der Waals surface area contributed by atoms with Crippen molar-refractivity contribution in [1.29, 1.82) is 0 Å². The molecule has 82 valence electrons. The Hall–Kier alpha value is -0.800. The fourth-order valence-electron chi connectivity index (χ4n) is 1.36. The molecular weight excluding hydrogens is 282 g/mol. The average Bonchev–Trinajstić information content (AvgIpc) is 2.30. The molecular formula is C13H12BrNS. The Morgan fingerprint density at radius 2 is 2.00 bits per heavy atom. The summed E-state index contributed by atoms with van der Waals surface area (Å²) in [5.74, 6) is 0.915. The standard InChI is InChI=1S/C13H12BrNS/c1-10-4-2-3-5-13(10)16-9-12-7-6-11(14)8-15-12/h2-8H,9H2,1H3. The van der Waals surface area contributed by atoms with Crippen LogP contribution in [0.25, 0.3) is 0 Å². The zero-order valence-electron chi connectivity index (χ0n) is 8.98. The first kappa shape index (κ1) is 11.7. The zero-order chi connectivity index (χ0) is 11.4. The van der Waals surface area contributed by atoms with Gasteiger partial charge in [0.2, 0.25) is 0 Å². The van der Waals surface area contributed by atoms with Crippen molar-refractivity contribution in [2.75, 3.05) is 0 Å². The van der Waals surface area contributed by atoms with Crippen molar-refractivity contribution in [3.63, 3.8) is 0 Å². The lowest BCUT2D eigenvalue weighted by Gasteiger charge is -2.04. The summed E-state index contributed by atoms with van der Waals surface area (Å²) >= 11 is 5.21. The van der Waals surface area contributed by atoms with Crippen molar-refractivity contribution in [1.82, 2.24) is 4.98 Å². The third-order valence-electron chi connectivity index (χ3n) is 2.26. The molecule has 0 aliphatic carbocycles. The number of aryl methyl sites for hydroxylation is 1. The van der Waals surface area contributed by atoms with Gasteiger partial charge in [-0.05, 0) is 46.6 Å². The highest BCUT2D eigenvalue weighted by Crippen LogP contribution is 2.25. The predicted octanol–water partition coefficient (Wildman–Crippen LogP) is 4.44. The van der Waals surface area contributed by atoms with Crippen LogP contribution < -0.4 is 0 Å². The average molecular weight is 294 g/mol. The summed E-state index contributed by atoms with van der Waals surface area (Å²) < 4.78 is 1.03. The van der Waals surface area contributed by atoms with Crippen molar-refractivity contribution >= 4 is 27.7 Å². The van der Waals surface area contributed by atoms with Crippen LogP contribution in [0.1, 0.15) is 11.3 Å². The maximum absolute atomic E-state index is 4.36. The van der Waals surface area contributed by atoms with Gasteiger partial charge in [-0.15, -0.1) is 11.8 Å². The van der Waals surface area contributed by atoms with Crippen LogP contribution >= 0.6 is 27.7 Å². The van der Waals surface area contributed by atoms with Crippen molar-refractivity contribution in [3.05, 3.63) is 58.3 Å². The lowest BCUT2D eigenvalue weighted by molar-refractivity contribution is 1.16. The SMILES string of the molecule is Cc1ccccc1SCc1ccc(Br)cn1. The molecule has 1 nitrogen and oxygen atoms in total. The monoisotopic (exact) mass is 293 g/mol. The number of rotatable bonds is 3. The van der Waals surface area contributed by atoms with Gasteiger partial charge in [0.05, 0.1) is 5.69 Å². The van der Waals surface area contributed by atoms with Gasteiger partial charge in [0.1, 0.15) is 0 Å². The van der Waals surface area contributed by atoms with Gasteiger partial charge in [-0.25, -0.2) is 0 Å². The Kier molecular flexibility index (Phi) is 4.02. The second-order valence-electron chi connectivity index (χ2n) is 3.52. The van der Waals surface area contributed by atoms with Crippen molar-refractivity contribution in [3.8, 4) is 0 Å². The molecule has 2 aromatic rings. The van der Waals surface area contributed by atoms with Gasteiger partial charge in [-0.1, -0.05) is 18.2 Å². The molecule has 0 spiro atoms. The fraction of sp³-hybridized carbons (Fsp3) is 0.154. The molecule has 0 N–H and O–H groups in total. The number of aromatic nitrogens is 1. The van der Waals surface area contributed by atoms with Crippen LogP contribution in [0, 0.1) is 6.92 Å². The minimum absolute atomic E-state index is 0.915. The highest BCUT2D eigenvalue weighted by Gasteiger charge is 1.99. The van der Waals surface area contributed by atoms with E-state index in [1.807, 2.05) is 24.0 Å². The lowest BCUT2D eigenvalue weighted by atomic mass is 10.2. The van der Waals surface area contributed by atoms with Crippen LogP contribution in [0.3, 0.4) is 0 Å². The van der Waals surface area contributed by atoms with Crippen molar-refractivity contribution in [2.24, 2.45) is 0 Å². The number of hydrogen-bond donors (Lipinski definition) is 0. The van der Waals surface area contributed by atoms with Crippen molar-refractivity contribution in [2.45, 2.75) is 17.6 Å². The van der Waals surface area contributed by atoms with Gasteiger partial charge in [0.25, 0.3) is 0 Å². The fourth-order valence-corrected chi connectivity index (χ4v) is 2.54. The van der Waals surface area contributed by atoms with E-state index < -0.39 is 0 Å². The first-order valence-corrected chi connectivity index (χ1v) is 6.82. The summed E-state index contributed by atoms with van der Waals surface area (Å²) in [5.41, 5.74) is 2.43. The van der Waals surface area contributed by atoms with Gasteiger partial charge in [-0.2, -0.15) is 0 Å². The van der Waals surface area contributed by atoms with E-state index in [0.29, 0.717) is 0 Å². The van der Waals surface area contributed by atoms with E-state index in [1.54, 1.807) is 0 Å². The Bertz CT molecular complexity index is 468. The van der Waals surface area contributed by atoms with Crippen LogP contribution in [0.15, 0.2) is 52.0 Å². The molecule has 1 aromatic carbocycles. The van der Waals surface area contributed by atoms with E-state index in [4.69, 9.17) is 0 Å². The number of benzene rings is 1. The molecule has 1 heterocycles. The third-order valence-corrected chi connectivity index (χ3v) is 3.94. The van der Waals surface area contributed by atoms with E-state index in [1.165, 1.54) is 10.5 Å². The largest absolute Gasteiger partial charge is 0.259 e. The smallest absolute Gasteiger partial charge is 0.0507 e. The summed E-state index contributed by atoms with van der Waals surface area (Å²) in [6, 6.07) is 12.5. The number of hydrogen-bond acceptors (Lipinski definition) is 2. The summed E-state index contributed by atoms with van der Waals surface area (Å²) in [7, 11) is 0.